The maximum absolute atomic E-state index is 12.1. The topological polar surface area (TPSA) is 78.4 Å². The highest BCUT2D eigenvalue weighted by molar-refractivity contribution is 5.83. The van der Waals surface area contributed by atoms with Gasteiger partial charge < -0.3 is 15.7 Å². The summed E-state index contributed by atoms with van der Waals surface area (Å²) in [7, 11) is 0. The highest BCUT2D eigenvalue weighted by Gasteiger charge is 2.40. The Labute approximate surface area is 114 Å². The Morgan fingerprint density at radius 3 is 2.53 bits per heavy atom. The molecule has 3 N–H and O–H groups in total. The van der Waals surface area contributed by atoms with Gasteiger partial charge in [0, 0.05) is 6.54 Å². The van der Waals surface area contributed by atoms with Crippen LogP contribution in [0.25, 0.3) is 0 Å². The molecule has 0 radical (unpaired) electrons. The number of rotatable bonds is 4. The van der Waals surface area contributed by atoms with E-state index < -0.39 is 11.4 Å². The number of carbonyl (C=O) groups is 2. The summed E-state index contributed by atoms with van der Waals surface area (Å²) >= 11 is 0. The molecule has 5 nitrogen and oxygen atoms in total. The Balaban J connectivity index is 1.91. The first-order valence-corrected chi connectivity index (χ1v) is 7.30. The Hall–Kier alpha value is -1.10. The lowest BCUT2D eigenvalue weighted by atomic mass is 9.74. The van der Waals surface area contributed by atoms with Crippen LogP contribution in [0.3, 0.4) is 0 Å². The first-order valence-electron chi connectivity index (χ1n) is 7.30. The average Bonchev–Trinajstić information content (AvgIpc) is 2.83. The third-order valence-corrected chi connectivity index (χ3v) is 4.68. The summed E-state index contributed by atoms with van der Waals surface area (Å²) in [6.45, 7) is 3.19. The van der Waals surface area contributed by atoms with Gasteiger partial charge in [-0.2, -0.15) is 0 Å². The number of carboxylic acid groups (broad SMARTS) is 1. The standard InChI is InChI=1S/C14H24N2O3/c1-10-5-8-15-11(10)12(17)16-9-14(13(18)19)6-3-2-4-7-14/h10-11,15H,2-9H2,1H3,(H,16,17)(H,18,19). The third-order valence-electron chi connectivity index (χ3n) is 4.68. The van der Waals surface area contributed by atoms with E-state index in [9.17, 15) is 14.7 Å². The van der Waals surface area contributed by atoms with Crippen LogP contribution in [0.1, 0.15) is 45.4 Å². The molecule has 1 saturated heterocycles. The van der Waals surface area contributed by atoms with Crippen LogP contribution in [0.2, 0.25) is 0 Å². The zero-order chi connectivity index (χ0) is 13.9. The van der Waals surface area contributed by atoms with Gasteiger partial charge in [-0.1, -0.05) is 26.2 Å². The van der Waals surface area contributed by atoms with Crippen molar-refractivity contribution in [3.8, 4) is 0 Å². The molecule has 1 saturated carbocycles. The van der Waals surface area contributed by atoms with E-state index in [-0.39, 0.29) is 18.5 Å². The predicted octanol–water partition coefficient (Wildman–Crippen LogP) is 1.14. The van der Waals surface area contributed by atoms with E-state index in [1.807, 2.05) is 0 Å². The predicted molar refractivity (Wildman–Crippen MR) is 71.7 cm³/mol. The Morgan fingerprint density at radius 1 is 1.32 bits per heavy atom. The Morgan fingerprint density at radius 2 is 2.00 bits per heavy atom. The molecule has 0 aromatic carbocycles. The summed E-state index contributed by atoms with van der Waals surface area (Å²) in [5.74, 6) is -0.483. The SMILES string of the molecule is CC1CCNC1C(=O)NCC1(C(=O)O)CCCCC1. The summed E-state index contributed by atoms with van der Waals surface area (Å²) in [4.78, 5) is 23.6. The summed E-state index contributed by atoms with van der Waals surface area (Å²) in [5.41, 5.74) is -0.740. The van der Waals surface area contributed by atoms with E-state index in [2.05, 4.69) is 17.6 Å². The maximum Gasteiger partial charge on any atom is 0.311 e. The molecule has 0 bridgehead atoms. The first kappa shape index (κ1) is 14.3. The number of carbonyl (C=O) groups excluding carboxylic acids is 1. The van der Waals surface area contributed by atoms with Crippen molar-refractivity contribution in [3.63, 3.8) is 0 Å². The van der Waals surface area contributed by atoms with Crippen LogP contribution >= 0.6 is 0 Å². The molecule has 1 aliphatic heterocycles. The molecule has 0 spiro atoms. The average molecular weight is 268 g/mol. The first-order chi connectivity index (χ1) is 9.05. The van der Waals surface area contributed by atoms with E-state index >= 15 is 0 Å². The second-order valence-electron chi connectivity index (χ2n) is 6.06. The molecule has 2 rings (SSSR count). The van der Waals surface area contributed by atoms with Gasteiger partial charge in [-0.3, -0.25) is 9.59 Å². The van der Waals surface area contributed by atoms with Gasteiger partial charge >= 0.3 is 5.97 Å². The van der Waals surface area contributed by atoms with Crippen LogP contribution in [0.5, 0.6) is 0 Å². The molecule has 19 heavy (non-hydrogen) atoms. The van der Waals surface area contributed by atoms with Crippen LogP contribution in [0.4, 0.5) is 0 Å². The molecule has 108 valence electrons. The monoisotopic (exact) mass is 268 g/mol. The molecule has 2 unspecified atom stereocenters. The van der Waals surface area contributed by atoms with Gasteiger partial charge in [0.25, 0.3) is 0 Å². The molecule has 0 aromatic rings. The second-order valence-corrected chi connectivity index (χ2v) is 6.06. The fourth-order valence-electron chi connectivity index (χ4n) is 3.25. The van der Waals surface area contributed by atoms with E-state index in [1.165, 1.54) is 0 Å². The largest absolute Gasteiger partial charge is 0.481 e. The van der Waals surface area contributed by atoms with E-state index in [0.717, 1.165) is 32.2 Å². The summed E-state index contributed by atoms with van der Waals surface area (Å²) in [5, 5.41) is 15.5. The van der Waals surface area contributed by atoms with Gasteiger partial charge in [-0.05, 0) is 31.7 Å². The fourth-order valence-corrected chi connectivity index (χ4v) is 3.25. The number of aliphatic carboxylic acids is 1. The maximum atomic E-state index is 12.1. The van der Waals surface area contributed by atoms with Crippen LogP contribution in [0.15, 0.2) is 0 Å². The smallest absolute Gasteiger partial charge is 0.311 e. The minimum absolute atomic E-state index is 0.0452. The van der Waals surface area contributed by atoms with Gasteiger partial charge in [-0.25, -0.2) is 0 Å². The van der Waals surface area contributed by atoms with Gasteiger partial charge in [0.2, 0.25) is 5.91 Å². The zero-order valence-corrected chi connectivity index (χ0v) is 11.6. The molecule has 1 amide bonds. The molecular formula is C14H24N2O3. The van der Waals surface area contributed by atoms with Gasteiger partial charge in [0.15, 0.2) is 0 Å². The number of hydrogen-bond donors (Lipinski definition) is 3. The highest BCUT2D eigenvalue weighted by atomic mass is 16.4. The van der Waals surface area contributed by atoms with Crippen LogP contribution < -0.4 is 10.6 Å². The van der Waals surface area contributed by atoms with Crippen molar-refractivity contribution in [1.82, 2.24) is 10.6 Å². The van der Waals surface area contributed by atoms with Crippen LogP contribution in [-0.2, 0) is 9.59 Å². The van der Waals surface area contributed by atoms with Crippen molar-refractivity contribution in [3.05, 3.63) is 0 Å². The number of hydrogen-bond acceptors (Lipinski definition) is 3. The zero-order valence-electron chi connectivity index (χ0n) is 11.6. The highest BCUT2D eigenvalue weighted by Crippen LogP contribution is 2.36. The molecule has 1 heterocycles. The lowest BCUT2D eigenvalue weighted by molar-refractivity contribution is -0.151. The minimum Gasteiger partial charge on any atom is -0.481 e. The number of amides is 1. The van der Waals surface area contributed by atoms with E-state index in [1.54, 1.807) is 0 Å². The molecule has 1 aliphatic carbocycles. The van der Waals surface area contributed by atoms with Crippen molar-refractivity contribution in [2.75, 3.05) is 13.1 Å². The summed E-state index contributed by atoms with van der Waals surface area (Å²) in [6.07, 6.45) is 5.35. The van der Waals surface area contributed by atoms with Crippen LogP contribution in [0, 0.1) is 11.3 Å². The van der Waals surface area contributed by atoms with Crippen molar-refractivity contribution < 1.29 is 14.7 Å². The molecule has 2 atom stereocenters. The molecule has 5 heteroatoms. The number of carboxylic acids is 1. The van der Waals surface area contributed by atoms with Gasteiger partial charge in [0.1, 0.15) is 0 Å². The normalized spacial score (nSPS) is 29.9. The second kappa shape index (κ2) is 5.90. The van der Waals surface area contributed by atoms with Crippen molar-refractivity contribution >= 4 is 11.9 Å². The third kappa shape index (κ3) is 3.08. The lowest BCUT2D eigenvalue weighted by Gasteiger charge is -2.33. The van der Waals surface area contributed by atoms with Crippen molar-refractivity contribution in [2.24, 2.45) is 11.3 Å². The Kier molecular flexibility index (Phi) is 4.45. The fraction of sp³-hybridized carbons (Fsp3) is 0.857. The molecule has 2 aliphatic rings. The van der Waals surface area contributed by atoms with Gasteiger partial charge in [-0.15, -0.1) is 0 Å². The number of nitrogens with one attached hydrogen (secondary N) is 2. The summed E-state index contributed by atoms with van der Waals surface area (Å²) < 4.78 is 0. The quantitative estimate of drug-likeness (QED) is 0.714. The van der Waals surface area contributed by atoms with E-state index in [0.29, 0.717) is 18.8 Å². The van der Waals surface area contributed by atoms with Crippen LogP contribution in [-0.4, -0.2) is 36.1 Å². The van der Waals surface area contributed by atoms with Gasteiger partial charge in [0.05, 0.1) is 11.5 Å². The molecule has 2 fully saturated rings. The Bertz CT molecular complexity index is 351. The summed E-state index contributed by atoms with van der Waals surface area (Å²) in [6, 6.07) is -0.158. The molecule has 0 aromatic heterocycles. The van der Waals surface area contributed by atoms with Crippen molar-refractivity contribution in [2.45, 2.75) is 51.5 Å². The van der Waals surface area contributed by atoms with Crippen molar-refractivity contribution in [1.29, 1.82) is 0 Å². The van der Waals surface area contributed by atoms with E-state index in [4.69, 9.17) is 0 Å². The minimum atomic E-state index is -0.764. The lowest BCUT2D eigenvalue weighted by Crippen LogP contribution is -2.49. The molecular weight excluding hydrogens is 244 g/mol.